The van der Waals surface area contributed by atoms with Gasteiger partial charge in [-0.2, -0.15) is 0 Å². The molecule has 0 aromatic rings. The minimum Gasteiger partial charge on any atom is -0.377 e. The Balaban J connectivity index is 1.41. The van der Waals surface area contributed by atoms with Crippen molar-refractivity contribution in [1.29, 1.82) is 0 Å². The van der Waals surface area contributed by atoms with Crippen LogP contribution < -0.4 is 5.32 Å². The summed E-state index contributed by atoms with van der Waals surface area (Å²) in [4.78, 5) is 0. The van der Waals surface area contributed by atoms with Gasteiger partial charge in [-0.25, -0.2) is 0 Å². The van der Waals surface area contributed by atoms with Crippen molar-refractivity contribution in [2.75, 3.05) is 19.7 Å². The van der Waals surface area contributed by atoms with Crippen LogP contribution >= 0.6 is 0 Å². The van der Waals surface area contributed by atoms with E-state index in [0.717, 1.165) is 19.1 Å². The minimum absolute atomic E-state index is 0.504. The maximum atomic E-state index is 5.66. The molecule has 0 radical (unpaired) electrons. The zero-order valence-corrected chi connectivity index (χ0v) is 9.13. The third kappa shape index (κ3) is 3.97. The fourth-order valence-corrected chi connectivity index (χ4v) is 2.15. The Morgan fingerprint density at radius 1 is 1.14 bits per heavy atom. The van der Waals surface area contributed by atoms with E-state index in [1.165, 1.54) is 51.5 Å². The quantitative estimate of drug-likeness (QED) is 0.660. The average Bonchev–Trinajstić information content (AvgIpc) is 3.03. The highest BCUT2D eigenvalue weighted by Gasteiger charge is 2.20. The number of hydrogen-bond acceptors (Lipinski definition) is 2. The predicted octanol–water partition coefficient (Wildman–Crippen LogP) is 2.34. The van der Waals surface area contributed by atoms with Crippen LogP contribution in [0.3, 0.4) is 0 Å². The van der Waals surface area contributed by atoms with Gasteiger partial charge in [0.05, 0.1) is 6.10 Å². The molecule has 2 nitrogen and oxygen atoms in total. The summed E-state index contributed by atoms with van der Waals surface area (Å²) in [5.74, 6) is 1.09. The lowest BCUT2D eigenvalue weighted by Crippen LogP contribution is -2.32. The topological polar surface area (TPSA) is 21.3 Å². The molecule has 0 aromatic heterocycles. The summed E-state index contributed by atoms with van der Waals surface area (Å²) in [7, 11) is 0. The second-order valence-corrected chi connectivity index (χ2v) is 4.78. The van der Waals surface area contributed by atoms with Crippen molar-refractivity contribution in [3.8, 4) is 0 Å². The van der Waals surface area contributed by atoms with E-state index in [1.54, 1.807) is 0 Å². The first-order chi connectivity index (χ1) is 6.95. The SMILES string of the molecule is C1CCC(CNCCCC2CC2)OC1. The molecule has 0 amide bonds. The van der Waals surface area contributed by atoms with E-state index in [-0.39, 0.29) is 0 Å². The molecule has 1 saturated carbocycles. The van der Waals surface area contributed by atoms with Crippen LogP contribution in [0, 0.1) is 5.92 Å². The number of hydrogen-bond donors (Lipinski definition) is 1. The average molecular weight is 197 g/mol. The van der Waals surface area contributed by atoms with Gasteiger partial charge in [-0.3, -0.25) is 0 Å². The van der Waals surface area contributed by atoms with Crippen LogP contribution in [0.25, 0.3) is 0 Å². The molecule has 2 aliphatic rings. The summed E-state index contributed by atoms with van der Waals surface area (Å²) in [6.07, 6.45) is 10.2. The van der Waals surface area contributed by atoms with Gasteiger partial charge in [0.1, 0.15) is 0 Å². The van der Waals surface area contributed by atoms with Gasteiger partial charge in [0.15, 0.2) is 0 Å². The lowest BCUT2D eigenvalue weighted by Gasteiger charge is -2.22. The van der Waals surface area contributed by atoms with Crippen molar-refractivity contribution >= 4 is 0 Å². The fraction of sp³-hybridized carbons (Fsp3) is 1.00. The molecular weight excluding hydrogens is 174 g/mol. The van der Waals surface area contributed by atoms with E-state index in [4.69, 9.17) is 4.74 Å². The number of nitrogens with one attached hydrogen (secondary N) is 1. The molecule has 1 heterocycles. The molecule has 1 aliphatic heterocycles. The second-order valence-electron chi connectivity index (χ2n) is 4.78. The number of rotatable bonds is 6. The first-order valence-electron chi connectivity index (χ1n) is 6.27. The van der Waals surface area contributed by atoms with Crippen molar-refractivity contribution in [1.82, 2.24) is 5.32 Å². The van der Waals surface area contributed by atoms with Gasteiger partial charge in [-0.15, -0.1) is 0 Å². The fourth-order valence-electron chi connectivity index (χ4n) is 2.15. The normalized spacial score (nSPS) is 27.9. The zero-order valence-electron chi connectivity index (χ0n) is 9.13. The molecule has 1 saturated heterocycles. The molecule has 0 bridgehead atoms. The highest BCUT2D eigenvalue weighted by Crippen LogP contribution is 2.33. The Hall–Kier alpha value is -0.0800. The Kier molecular flexibility index (Phi) is 4.26. The summed E-state index contributed by atoms with van der Waals surface area (Å²) in [5, 5.41) is 3.51. The maximum Gasteiger partial charge on any atom is 0.0699 e. The molecule has 0 aromatic carbocycles. The van der Waals surface area contributed by atoms with Crippen molar-refractivity contribution in [2.45, 2.75) is 51.0 Å². The van der Waals surface area contributed by atoms with Gasteiger partial charge in [0.2, 0.25) is 0 Å². The van der Waals surface area contributed by atoms with Gasteiger partial charge in [-0.05, 0) is 44.6 Å². The smallest absolute Gasteiger partial charge is 0.0699 e. The zero-order chi connectivity index (χ0) is 9.64. The summed E-state index contributed by atoms with van der Waals surface area (Å²) in [6, 6.07) is 0. The van der Waals surface area contributed by atoms with Crippen LogP contribution in [-0.2, 0) is 4.74 Å². The molecule has 2 rings (SSSR count). The summed E-state index contributed by atoms with van der Waals surface area (Å²) >= 11 is 0. The van der Waals surface area contributed by atoms with Crippen molar-refractivity contribution in [3.05, 3.63) is 0 Å². The van der Waals surface area contributed by atoms with Gasteiger partial charge in [0, 0.05) is 13.2 Å². The molecule has 82 valence electrons. The van der Waals surface area contributed by atoms with Gasteiger partial charge < -0.3 is 10.1 Å². The van der Waals surface area contributed by atoms with Crippen LogP contribution in [0.2, 0.25) is 0 Å². The minimum atomic E-state index is 0.504. The first kappa shape index (κ1) is 10.4. The third-order valence-electron chi connectivity index (χ3n) is 3.31. The number of ether oxygens (including phenoxy) is 1. The van der Waals surface area contributed by atoms with Gasteiger partial charge in [-0.1, -0.05) is 12.8 Å². The molecule has 1 N–H and O–H groups in total. The molecule has 1 atom stereocenters. The Labute approximate surface area is 87.4 Å². The van der Waals surface area contributed by atoms with E-state index < -0.39 is 0 Å². The molecule has 14 heavy (non-hydrogen) atoms. The maximum absolute atomic E-state index is 5.66. The molecule has 0 spiro atoms. The van der Waals surface area contributed by atoms with Crippen LogP contribution in [0.4, 0.5) is 0 Å². The lowest BCUT2D eigenvalue weighted by molar-refractivity contribution is 0.0170. The standard InChI is InChI=1S/C12H23NO/c1-2-9-14-12(5-1)10-13-8-3-4-11-6-7-11/h11-13H,1-10H2. The molecule has 2 heteroatoms. The van der Waals surface area contributed by atoms with Crippen molar-refractivity contribution in [2.24, 2.45) is 5.92 Å². The highest BCUT2D eigenvalue weighted by molar-refractivity contribution is 4.73. The molecule has 1 aliphatic carbocycles. The second kappa shape index (κ2) is 5.72. The van der Waals surface area contributed by atoms with Crippen LogP contribution in [0.15, 0.2) is 0 Å². The van der Waals surface area contributed by atoms with Crippen molar-refractivity contribution < 1.29 is 4.74 Å². The lowest BCUT2D eigenvalue weighted by atomic mass is 10.1. The first-order valence-corrected chi connectivity index (χ1v) is 6.27. The molecular formula is C12H23NO. The summed E-state index contributed by atoms with van der Waals surface area (Å²) in [6.45, 7) is 3.25. The van der Waals surface area contributed by atoms with E-state index in [9.17, 15) is 0 Å². The Morgan fingerprint density at radius 2 is 2.07 bits per heavy atom. The van der Waals surface area contributed by atoms with Gasteiger partial charge >= 0.3 is 0 Å². The largest absolute Gasteiger partial charge is 0.377 e. The monoisotopic (exact) mass is 197 g/mol. The van der Waals surface area contributed by atoms with Crippen molar-refractivity contribution in [3.63, 3.8) is 0 Å². The van der Waals surface area contributed by atoms with E-state index in [2.05, 4.69) is 5.32 Å². The van der Waals surface area contributed by atoms with Gasteiger partial charge in [0.25, 0.3) is 0 Å². The van der Waals surface area contributed by atoms with Crippen LogP contribution in [-0.4, -0.2) is 25.8 Å². The molecule has 2 fully saturated rings. The Bertz CT molecular complexity index is 150. The molecule has 1 unspecified atom stereocenters. The Morgan fingerprint density at radius 3 is 2.79 bits per heavy atom. The highest BCUT2D eigenvalue weighted by atomic mass is 16.5. The van der Waals surface area contributed by atoms with Crippen LogP contribution in [0.5, 0.6) is 0 Å². The van der Waals surface area contributed by atoms with E-state index >= 15 is 0 Å². The summed E-state index contributed by atoms with van der Waals surface area (Å²) in [5.41, 5.74) is 0. The van der Waals surface area contributed by atoms with E-state index in [0.29, 0.717) is 6.10 Å². The summed E-state index contributed by atoms with van der Waals surface area (Å²) < 4.78 is 5.66. The van der Waals surface area contributed by atoms with Crippen LogP contribution in [0.1, 0.15) is 44.9 Å². The van der Waals surface area contributed by atoms with E-state index in [1.807, 2.05) is 0 Å². The third-order valence-corrected chi connectivity index (χ3v) is 3.31. The predicted molar refractivity (Wildman–Crippen MR) is 58.4 cm³/mol.